The Balaban J connectivity index is 1.23. The Bertz CT molecular complexity index is 1000. The van der Waals surface area contributed by atoms with Crippen LogP contribution in [0.1, 0.15) is 90.5 Å². The molecule has 10 atom stereocenters. The van der Waals surface area contributed by atoms with Crippen LogP contribution in [0.15, 0.2) is 24.3 Å². The highest BCUT2D eigenvalue weighted by atomic mass is 16.3. The average molecular weight is 493 g/mol. The molecule has 0 saturated heterocycles. The fraction of sp³-hybridized carbons (Fsp3) is 0.742. The van der Waals surface area contributed by atoms with E-state index in [1.54, 1.807) is 24.3 Å². The zero-order chi connectivity index (χ0) is 25.7. The zero-order valence-electron chi connectivity index (χ0n) is 22.2. The second-order valence-electron chi connectivity index (χ2n) is 13.1. The molecule has 0 heterocycles. The number of aliphatic hydroxyl groups excluding tert-OH is 2. The number of fused-ring (bicyclic) bond motifs is 5. The Morgan fingerprint density at radius 1 is 1.08 bits per heavy atom. The van der Waals surface area contributed by atoms with Crippen molar-refractivity contribution in [3.8, 4) is 6.07 Å². The van der Waals surface area contributed by atoms with E-state index in [2.05, 4.69) is 32.2 Å². The minimum Gasteiger partial charge on any atom is -0.393 e. The van der Waals surface area contributed by atoms with Gasteiger partial charge >= 0.3 is 0 Å². The van der Waals surface area contributed by atoms with Gasteiger partial charge in [-0.05, 0) is 128 Å². The van der Waals surface area contributed by atoms with Gasteiger partial charge in [-0.1, -0.05) is 20.8 Å². The predicted molar refractivity (Wildman–Crippen MR) is 141 cm³/mol. The van der Waals surface area contributed by atoms with E-state index in [9.17, 15) is 15.0 Å². The van der Waals surface area contributed by atoms with E-state index in [1.807, 2.05) is 0 Å². The Morgan fingerprint density at radius 2 is 1.83 bits per heavy atom. The Morgan fingerprint density at radius 3 is 2.56 bits per heavy atom. The molecule has 0 spiro atoms. The number of carbonyl (C=O) groups excluding carboxylic acids is 1. The largest absolute Gasteiger partial charge is 0.393 e. The molecule has 4 fully saturated rings. The second kappa shape index (κ2) is 9.76. The molecule has 36 heavy (non-hydrogen) atoms. The maximum absolute atomic E-state index is 12.7. The monoisotopic (exact) mass is 492 g/mol. The van der Waals surface area contributed by atoms with Gasteiger partial charge in [-0.2, -0.15) is 5.26 Å². The van der Waals surface area contributed by atoms with E-state index < -0.39 is 0 Å². The lowest BCUT2D eigenvalue weighted by atomic mass is 9.43. The van der Waals surface area contributed by atoms with E-state index >= 15 is 0 Å². The molecule has 4 saturated carbocycles. The van der Waals surface area contributed by atoms with E-state index in [1.165, 1.54) is 19.3 Å². The van der Waals surface area contributed by atoms with Crippen LogP contribution in [0.3, 0.4) is 0 Å². The summed E-state index contributed by atoms with van der Waals surface area (Å²) in [7, 11) is 0. The van der Waals surface area contributed by atoms with Crippen molar-refractivity contribution in [2.24, 2.45) is 46.3 Å². The summed E-state index contributed by atoms with van der Waals surface area (Å²) < 4.78 is 0. The van der Waals surface area contributed by atoms with Crippen LogP contribution < -0.4 is 5.32 Å². The second-order valence-corrected chi connectivity index (χ2v) is 13.1. The molecular weight excluding hydrogens is 448 g/mol. The lowest BCUT2D eigenvalue weighted by molar-refractivity contribution is -0.174. The van der Waals surface area contributed by atoms with Gasteiger partial charge in [0.15, 0.2) is 0 Å². The fourth-order valence-electron chi connectivity index (χ4n) is 9.57. The molecule has 4 aliphatic rings. The first-order valence-electron chi connectivity index (χ1n) is 14.3. The van der Waals surface area contributed by atoms with E-state index in [0.717, 1.165) is 44.2 Å². The first kappa shape index (κ1) is 25.7. The van der Waals surface area contributed by atoms with Gasteiger partial charge in [0, 0.05) is 12.1 Å². The lowest BCUT2D eigenvalue weighted by Crippen LogP contribution is -2.58. The molecule has 0 aliphatic heterocycles. The number of carbonyl (C=O) groups is 1. The van der Waals surface area contributed by atoms with Gasteiger partial charge in [-0.25, -0.2) is 0 Å². The van der Waals surface area contributed by atoms with Crippen LogP contribution in [0.5, 0.6) is 0 Å². The van der Waals surface area contributed by atoms with Gasteiger partial charge in [0.2, 0.25) is 5.91 Å². The van der Waals surface area contributed by atoms with E-state index in [4.69, 9.17) is 5.26 Å². The quantitative estimate of drug-likeness (QED) is 0.477. The Kier molecular flexibility index (Phi) is 6.98. The average Bonchev–Trinajstić information content (AvgIpc) is 3.23. The summed E-state index contributed by atoms with van der Waals surface area (Å²) in [6.45, 7) is 7.12. The molecule has 5 heteroatoms. The minimum atomic E-state index is -0.284. The predicted octanol–water partition coefficient (Wildman–Crippen LogP) is 5.90. The molecule has 0 radical (unpaired) electrons. The van der Waals surface area contributed by atoms with Crippen LogP contribution in [-0.2, 0) is 4.79 Å². The van der Waals surface area contributed by atoms with Gasteiger partial charge in [-0.15, -0.1) is 0 Å². The standard InChI is InChI=1S/C31H44N2O3/c1-19(4-13-29(36)33-22-8-5-20(18-32)6-9-22)25-11-12-26-24-10-7-21-16-23(34)14-15-30(21,2)27(24)17-28(35)31(25,26)3/h5-6,8-9,19,21,23-28,34-35H,4,7,10-17H2,1-3H3,(H,33,36)/t19-,21-,23-,24+,25-,26+,27+,28+,30+,31-/m1/s1. The van der Waals surface area contributed by atoms with Crippen LogP contribution in [0.4, 0.5) is 5.69 Å². The third-order valence-electron chi connectivity index (χ3n) is 11.6. The number of rotatable bonds is 5. The van der Waals surface area contributed by atoms with Crippen molar-refractivity contribution >= 4 is 11.6 Å². The first-order chi connectivity index (χ1) is 17.2. The van der Waals surface area contributed by atoms with Crippen molar-refractivity contribution in [1.29, 1.82) is 5.26 Å². The summed E-state index contributed by atoms with van der Waals surface area (Å²) in [5, 5.41) is 33.9. The normalized spacial score (nSPS) is 42.4. The molecule has 4 aliphatic carbocycles. The van der Waals surface area contributed by atoms with Crippen molar-refractivity contribution in [1.82, 2.24) is 0 Å². The number of hydrogen-bond donors (Lipinski definition) is 3. The topological polar surface area (TPSA) is 93.4 Å². The molecule has 196 valence electrons. The number of nitriles is 1. The van der Waals surface area contributed by atoms with E-state index in [0.29, 0.717) is 47.5 Å². The number of aliphatic hydroxyl groups is 2. The highest BCUT2D eigenvalue weighted by Crippen LogP contribution is 2.68. The summed E-state index contributed by atoms with van der Waals surface area (Å²) >= 11 is 0. The third-order valence-corrected chi connectivity index (χ3v) is 11.6. The maximum Gasteiger partial charge on any atom is 0.224 e. The van der Waals surface area contributed by atoms with Crippen LogP contribution in [0, 0.1) is 57.7 Å². The van der Waals surface area contributed by atoms with Crippen LogP contribution in [-0.4, -0.2) is 28.3 Å². The third kappa shape index (κ3) is 4.29. The Labute approximate surface area is 216 Å². The minimum absolute atomic E-state index is 0.0150. The number of nitrogens with zero attached hydrogens (tertiary/aromatic N) is 1. The van der Waals surface area contributed by atoms with Crippen LogP contribution in [0.25, 0.3) is 0 Å². The molecule has 1 aromatic rings. The number of benzene rings is 1. The number of hydrogen-bond acceptors (Lipinski definition) is 4. The van der Waals surface area contributed by atoms with Crippen molar-refractivity contribution in [3.63, 3.8) is 0 Å². The van der Waals surface area contributed by atoms with Crippen molar-refractivity contribution in [2.45, 2.75) is 97.2 Å². The number of amides is 1. The van der Waals surface area contributed by atoms with Crippen LogP contribution in [0.2, 0.25) is 0 Å². The molecule has 0 aromatic heterocycles. The molecule has 1 aromatic carbocycles. The van der Waals surface area contributed by atoms with Crippen molar-refractivity contribution in [3.05, 3.63) is 29.8 Å². The summed E-state index contributed by atoms with van der Waals surface area (Å²) in [4.78, 5) is 12.7. The molecule has 3 N–H and O–H groups in total. The number of nitrogens with one attached hydrogen (secondary N) is 1. The molecular formula is C31H44N2O3. The smallest absolute Gasteiger partial charge is 0.224 e. The molecule has 0 unspecified atom stereocenters. The molecule has 1 amide bonds. The van der Waals surface area contributed by atoms with Gasteiger partial charge in [0.1, 0.15) is 0 Å². The first-order valence-corrected chi connectivity index (χ1v) is 14.3. The summed E-state index contributed by atoms with van der Waals surface area (Å²) in [5.41, 5.74) is 1.51. The fourth-order valence-corrected chi connectivity index (χ4v) is 9.57. The SMILES string of the molecule is C[C@H](CCC(=O)Nc1ccc(C#N)cc1)[C@H]1CC[C@H]2[C@@H]3CC[C@@H]4C[C@H](O)CC[C@]4(C)[C@H]3C[C@H](O)[C@]12C. The van der Waals surface area contributed by atoms with Gasteiger partial charge < -0.3 is 15.5 Å². The molecule has 5 rings (SSSR count). The Hall–Kier alpha value is -1.90. The van der Waals surface area contributed by atoms with E-state index in [-0.39, 0.29) is 28.9 Å². The molecule has 5 nitrogen and oxygen atoms in total. The number of anilines is 1. The highest BCUT2D eigenvalue weighted by Gasteiger charge is 2.63. The van der Waals surface area contributed by atoms with Crippen molar-refractivity contribution in [2.75, 3.05) is 5.32 Å². The maximum atomic E-state index is 12.7. The summed E-state index contributed by atoms with van der Waals surface area (Å²) in [5.74, 6) is 3.27. The summed E-state index contributed by atoms with van der Waals surface area (Å²) in [6, 6.07) is 9.10. The van der Waals surface area contributed by atoms with Gasteiger partial charge in [0.25, 0.3) is 0 Å². The van der Waals surface area contributed by atoms with Gasteiger partial charge in [-0.3, -0.25) is 4.79 Å². The van der Waals surface area contributed by atoms with Gasteiger partial charge in [0.05, 0.1) is 23.8 Å². The van der Waals surface area contributed by atoms with Crippen LogP contribution >= 0.6 is 0 Å². The summed E-state index contributed by atoms with van der Waals surface area (Å²) in [6.07, 6.45) is 9.58. The zero-order valence-corrected chi connectivity index (χ0v) is 22.2. The molecule has 0 bridgehead atoms. The highest BCUT2D eigenvalue weighted by molar-refractivity contribution is 5.90. The van der Waals surface area contributed by atoms with Crippen molar-refractivity contribution < 1.29 is 15.0 Å². The lowest BCUT2D eigenvalue weighted by Gasteiger charge is -2.62.